The van der Waals surface area contributed by atoms with Crippen LogP contribution in [0.25, 0.3) is 0 Å². The molecule has 1 amide bonds. The molecule has 1 aliphatic heterocycles. The third kappa shape index (κ3) is 5.77. The van der Waals surface area contributed by atoms with E-state index in [-0.39, 0.29) is 24.2 Å². The van der Waals surface area contributed by atoms with Gasteiger partial charge in [0.1, 0.15) is 12.3 Å². The molecule has 126 valence electrons. The number of ether oxygens (including phenoxy) is 1. The zero-order chi connectivity index (χ0) is 16.7. The van der Waals surface area contributed by atoms with Crippen LogP contribution in [-0.4, -0.2) is 53.3 Å². The Labute approximate surface area is 132 Å². The Morgan fingerprint density at radius 2 is 2.18 bits per heavy atom. The zero-order valence-corrected chi connectivity index (χ0v) is 13.9. The minimum Gasteiger partial charge on any atom is -0.480 e. The second-order valence-electron chi connectivity index (χ2n) is 5.84. The maximum Gasteiger partial charge on any atom is 0.320 e. The van der Waals surface area contributed by atoms with Gasteiger partial charge in [-0.2, -0.15) is 0 Å². The van der Waals surface area contributed by atoms with Crippen LogP contribution in [0.5, 0.6) is 0 Å². The fraction of sp³-hybridized carbons (Fsp3) is 0.750. The van der Waals surface area contributed by atoms with Crippen LogP contribution < -0.4 is 5.32 Å². The van der Waals surface area contributed by atoms with E-state index in [1.54, 1.807) is 6.92 Å². The Balaban J connectivity index is 2.63. The first-order valence-corrected chi connectivity index (χ1v) is 7.89. The molecular formula is C16H28N2O4. The molecule has 22 heavy (non-hydrogen) atoms. The Morgan fingerprint density at radius 3 is 2.68 bits per heavy atom. The molecule has 1 rings (SSSR count). The molecule has 0 radical (unpaired) electrons. The Kier molecular flexibility index (Phi) is 7.55. The molecule has 0 saturated carbocycles. The number of aliphatic carboxylic acids is 1. The van der Waals surface area contributed by atoms with Crippen LogP contribution >= 0.6 is 0 Å². The smallest absolute Gasteiger partial charge is 0.320 e. The highest BCUT2D eigenvalue weighted by molar-refractivity contribution is 5.74. The molecular weight excluding hydrogens is 284 g/mol. The molecule has 4 atom stereocenters. The normalized spacial score (nSPS) is 25.3. The largest absolute Gasteiger partial charge is 0.480 e. The van der Waals surface area contributed by atoms with E-state index >= 15 is 0 Å². The lowest BCUT2D eigenvalue weighted by Gasteiger charge is -2.28. The summed E-state index contributed by atoms with van der Waals surface area (Å²) >= 11 is 0. The van der Waals surface area contributed by atoms with Crippen LogP contribution in [0.3, 0.4) is 0 Å². The number of nitrogens with one attached hydrogen (secondary N) is 1. The third-order valence-electron chi connectivity index (χ3n) is 3.88. The Bertz CT molecular complexity index is 411. The highest BCUT2D eigenvalue weighted by atomic mass is 16.5. The van der Waals surface area contributed by atoms with Gasteiger partial charge < -0.3 is 15.2 Å². The Hall–Kier alpha value is -1.40. The van der Waals surface area contributed by atoms with Crippen molar-refractivity contribution in [2.45, 2.75) is 58.9 Å². The average Bonchev–Trinajstić information content (AvgIpc) is 2.80. The number of likely N-dealkylation sites (tertiary alicyclic amines) is 1. The van der Waals surface area contributed by atoms with Crippen molar-refractivity contribution in [1.82, 2.24) is 10.2 Å². The SMILES string of the molecule is C/C=C\C1CC(C(=O)O)N(CC(CC)OC(C)NC(C)=O)C1. The standard InChI is InChI=1S/C16H28N2O4/c1-5-7-13-8-15(16(20)21)18(9-13)10-14(6-2)22-12(4)17-11(3)19/h5,7,12-15H,6,8-10H2,1-4H3,(H,17,19)(H,20,21)/b7-5-. The summed E-state index contributed by atoms with van der Waals surface area (Å²) in [5, 5.41) is 12.1. The highest BCUT2D eigenvalue weighted by Gasteiger charge is 2.36. The predicted molar refractivity (Wildman–Crippen MR) is 84.4 cm³/mol. The molecule has 0 spiro atoms. The minimum absolute atomic E-state index is 0.104. The van der Waals surface area contributed by atoms with Crippen LogP contribution in [0.15, 0.2) is 12.2 Å². The molecule has 1 fully saturated rings. The summed E-state index contributed by atoms with van der Waals surface area (Å²) in [5.41, 5.74) is 0. The van der Waals surface area contributed by atoms with Crippen LogP contribution in [0.1, 0.15) is 40.5 Å². The topological polar surface area (TPSA) is 78.9 Å². The summed E-state index contributed by atoms with van der Waals surface area (Å²) in [5.74, 6) is -0.645. The molecule has 0 aromatic rings. The van der Waals surface area contributed by atoms with Gasteiger partial charge in [-0.25, -0.2) is 0 Å². The molecule has 0 aromatic carbocycles. The van der Waals surface area contributed by atoms with E-state index in [2.05, 4.69) is 11.4 Å². The van der Waals surface area contributed by atoms with Gasteiger partial charge in [-0.3, -0.25) is 14.5 Å². The lowest BCUT2D eigenvalue weighted by Crippen LogP contribution is -2.44. The minimum atomic E-state index is -0.781. The van der Waals surface area contributed by atoms with Crippen LogP contribution in [0.2, 0.25) is 0 Å². The van der Waals surface area contributed by atoms with Gasteiger partial charge >= 0.3 is 5.97 Å². The van der Waals surface area contributed by atoms with Crippen molar-refractivity contribution in [3.63, 3.8) is 0 Å². The van der Waals surface area contributed by atoms with E-state index in [1.165, 1.54) is 6.92 Å². The van der Waals surface area contributed by atoms with Crippen molar-refractivity contribution in [1.29, 1.82) is 0 Å². The molecule has 1 heterocycles. The molecule has 2 N–H and O–H groups in total. The number of carbonyl (C=O) groups excluding carboxylic acids is 1. The maximum atomic E-state index is 11.4. The van der Waals surface area contributed by atoms with E-state index in [4.69, 9.17) is 4.74 Å². The van der Waals surface area contributed by atoms with Crippen molar-refractivity contribution >= 4 is 11.9 Å². The quantitative estimate of drug-likeness (QED) is 0.526. The fourth-order valence-electron chi connectivity index (χ4n) is 2.95. The molecule has 1 saturated heterocycles. The van der Waals surface area contributed by atoms with Gasteiger partial charge in [0.2, 0.25) is 5.91 Å². The van der Waals surface area contributed by atoms with Crippen LogP contribution in [0, 0.1) is 5.92 Å². The van der Waals surface area contributed by atoms with Gasteiger partial charge in [-0.15, -0.1) is 0 Å². The number of allylic oxidation sites excluding steroid dienone is 1. The van der Waals surface area contributed by atoms with Gasteiger partial charge in [0, 0.05) is 20.0 Å². The van der Waals surface area contributed by atoms with E-state index in [0.29, 0.717) is 13.0 Å². The number of hydrogen-bond donors (Lipinski definition) is 2. The van der Waals surface area contributed by atoms with E-state index in [0.717, 1.165) is 13.0 Å². The number of hydrogen-bond acceptors (Lipinski definition) is 4. The monoisotopic (exact) mass is 312 g/mol. The lowest BCUT2D eigenvalue weighted by atomic mass is 10.1. The van der Waals surface area contributed by atoms with Gasteiger partial charge in [-0.1, -0.05) is 19.1 Å². The summed E-state index contributed by atoms with van der Waals surface area (Å²) in [4.78, 5) is 24.4. The molecule has 1 aliphatic rings. The number of amides is 1. The second kappa shape index (κ2) is 8.90. The molecule has 0 aromatic heterocycles. The molecule has 6 nitrogen and oxygen atoms in total. The number of carboxylic acids is 1. The summed E-state index contributed by atoms with van der Waals surface area (Å²) < 4.78 is 5.81. The zero-order valence-electron chi connectivity index (χ0n) is 13.9. The first kappa shape index (κ1) is 18.6. The van der Waals surface area contributed by atoms with Crippen molar-refractivity contribution < 1.29 is 19.4 Å². The second-order valence-corrected chi connectivity index (χ2v) is 5.84. The van der Waals surface area contributed by atoms with Gasteiger partial charge in [-0.05, 0) is 32.6 Å². The van der Waals surface area contributed by atoms with Crippen LogP contribution in [0.4, 0.5) is 0 Å². The van der Waals surface area contributed by atoms with Gasteiger partial charge in [0.15, 0.2) is 0 Å². The van der Waals surface area contributed by atoms with Gasteiger partial charge in [0.05, 0.1) is 6.10 Å². The number of nitrogens with zero attached hydrogens (tertiary/aromatic N) is 1. The highest BCUT2D eigenvalue weighted by Crippen LogP contribution is 2.25. The van der Waals surface area contributed by atoms with Crippen LogP contribution in [-0.2, 0) is 14.3 Å². The first-order valence-electron chi connectivity index (χ1n) is 7.89. The average molecular weight is 312 g/mol. The van der Waals surface area contributed by atoms with Gasteiger partial charge in [0.25, 0.3) is 0 Å². The number of rotatable bonds is 8. The van der Waals surface area contributed by atoms with Crippen molar-refractivity contribution in [2.24, 2.45) is 5.92 Å². The lowest BCUT2D eigenvalue weighted by molar-refractivity contribution is -0.143. The summed E-state index contributed by atoms with van der Waals surface area (Å²) in [6.07, 6.45) is 4.96. The molecule has 4 unspecified atom stereocenters. The summed E-state index contributed by atoms with van der Waals surface area (Å²) in [6.45, 7) is 8.47. The van der Waals surface area contributed by atoms with Crippen molar-refractivity contribution in [3.8, 4) is 0 Å². The molecule has 0 bridgehead atoms. The van der Waals surface area contributed by atoms with Crippen molar-refractivity contribution in [3.05, 3.63) is 12.2 Å². The maximum absolute atomic E-state index is 11.4. The fourth-order valence-corrected chi connectivity index (χ4v) is 2.95. The first-order chi connectivity index (χ1) is 10.4. The van der Waals surface area contributed by atoms with E-state index in [1.807, 2.05) is 24.8 Å². The summed E-state index contributed by atoms with van der Waals surface area (Å²) in [7, 11) is 0. The molecule has 0 aliphatic carbocycles. The number of carboxylic acid groups (broad SMARTS) is 1. The predicted octanol–water partition coefficient (Wildman–Crippen LogP) is 1.61. The molecule has 6 heteroatoms. The Morgan fingerprint density at radius 1 is 1.50 bits per heavy atom. The van der Waals surface area contributed by atoms with E-state index in [9.17, 15) is 14.7 Å². The van der Waals surface area contributed by atoms with Crippen molar-refractivity contribution in [2.75, 3.05) is 13.1 Å². The van der Waals surface area contributed by atoms with E-state index < -0.39 is 12.0 Å². The number of carbonyl (C=O) groups is 2. The summed E-state index contributed by atoms with van der Waals surface area (Å²) in [6, 6.07) is -0.463. The third-order valence-corrected chi connectivity index (χ3v) is 3.88.